The second kappa shape index (κ2) is 9.67. The number of amides is 1. The number of fused-ring (bicyclic) bond motifs is 1. The van der Waals surface area contributed by atoms with Crippen molar-refractivity contribution in [2.24, 2.45) is 4.99 Å². The average Bonchev–Trinajstić information content (AvgIpc) is 3.48. The zero-order valence-electron chi connectivity index (χ0n) is 20.2. The first-order chi connectivity index (χ1) is 17.5. The van der Waals surface area contributed by atoms with Crippen molar-refractivity contribution >= 4 is 40.2 Å². The minimum Gasteiger partial charge on any atom is -0.367 e. The Balaban J connectivity index is 1.25. The Kier molecular flexibility index (Phi) is 6.22. The molecule has 5 heterocycles. The van der Waals surface area contributed by atoms with Gasteiger partial charge < -0.3 is 14.7 Å². The van der Waals surface area contributed by atoms with Gasteiger partial charge >= 0.3 is 0 Å². The van der Waals surface area contributed by atoms with E-state index >= 15 is 4.39 Å². The van der Waals surface area contributed by atoms with Crippen molar-refractivity contribution in [1.29, 1.82) is 0 Å². The molecule has 0 aliphatic carbocycles. The monoisotopic (exact) mass is 505 g/mol. The summed E-state index contributed by atoms with van der Waals surface area (Å²) in [4.78, 5) is 28.4. The van der Waals surface area contributed by atoms with Gasteiger partial charge in [0.2, 0.25) is 0 Å². The van der Waals surface area contributed by atoms with E-state index in [2.05, 4.69) is 31.7 Å². The Morgan fingerprint density at radius 3 is 2.56 bits per heavy atom. The van der Waals surface area contributed by atoms with Gasteiger partial charge in [0, 0.05) is 44.8 Å². The smallest absolute Gasteiger partial charge is 0.286 e. The van der Waals surface area contributed by atoms with Gasteiger partial charge in [-0.2, -0.15) is 10.1 Å². The molecule has 0 unspecified atom stereocenters. The number of imidazole rings is 1. The van der Waals surface area contributed by atoms with Crippen molar-refractivity contribution in [3.63, 3.8) is 0 Å². The highest BCUT2D eigenvalue weighted by Gasteiger charge is 2.27. The molecule has 2 aromatic heterocycles. The number of carbonyl (C=O) groups excluding carboxylic acids is 1. The number of aromatic nitrogens is 3. The third-order valence-electron chi connectivity index (χ3n) is 6.99. The van der Waals surface area contributed by atoms with E-state index in [1.54, 1.807) is 22.9 Å². The largest absolute Gasteiger partial charge is 0.367 e. The van der Waals surface area contributed by atoms with Crippen molar-refractivity contribution in [1.82, 2.24) is 24.4 Å². The maximum Gasteiger partial charge on any atom is 0.286 e. The predicted octanol–water partition coefficient (Wildman–Crippen LogP) is 3.74. The number of thioether (sulfide) groups is 1. The molecule has 2 fully saturated rings. The van der Waals surface area contributed by atoms with Crippen LogP contribution in [0.15, 0.2) is 46.4 Å². The standard InChI is InChI=1S/C26H28FN7OS/c1-31-11-13-32(14-12-31)21-7-5-18(15-20(21)27)22-17-28-24-8-6-19(30-34(22)24)16-23-25(35)29-26(36-23)33-9-3-2-4-10-33/h5-8,15-17H,2-4,9-14H2,1H3/b23-16-. The summed E-state index contributed by atoms with van der Waals surface area (Å²) in [5, 5.41) is 5.49. The number of aliphatic imine (C=N–C) groups is 1. The average molecular weight is 506 g/mol. The van der Waals surface area contributed by atoms with E-state index in [1.807, 2.05) is 24.3 Å². The number of halogens is 1. The first kappa shape index (κ1) is 23.2. The lowest BCUT2D eigenvalue weighted by atomic mass is 10.1. The Morgan fingerprint density at radius 2 is 1.78 bits per heavy atom. The number of hydrogen-bond acceptors (Lipinski definition) is 7. The molecule has 0 saturated carbocycles. The Hall–Kier alpha value is -3.24. The molecule has 2 saturated heterocycles. The summed E-state index contributed by atoms with van der Waals surface area (Å²) >= 11 is 1.41. The molecule has 0 radical (unpaired) electrons. The van der Waals surface area contributed by atoms with Crippen LogP contribution in [0.3, 0.4) is 0 Å². The number of anilines is 1. The van der Waals surface area contributed by atoms with E-state index in [1.165, 1.54) is 18.2 Å². The summed E-state index contributed by atoms with van der Waals surface area (Å²) < 4.78 is 16.8. The first-order valence-corrected chi connectivity index (χ1v) is 13.2. The molecule has 36 heavy (non-hydrogen) atoms. The molecule has 0 N–H and O–H groups in total. The van der Waals surface area contributed by atoms with Gasteiger partial charge in [-0.1, -0.05) is 6.07 Å². The van der Waals surface area contributed by atoms with Crippen LogP contribution in [-0.2, 0) is 4.79 Å². The molecule has 3 aliphatic rings. The van der Waals surface area contributed by atoms with E-state index in [0.717, 1.165) is 57.3 Å². The van der Waals surface area contributed by atoms with Crippen LogP contribution in [0.2, 0.25) is 0 Å². The summed E-state index contributed by atoms with van der Waals surface area (Å²) in [5.41, 5.74) is 3.32. The molecular weight excluding hydrogens is 477 g/mol. The summed E-state index contributed by atoms with van der Waals surface area (Å²) in [6.07, 6.45) is 6.96. The zero-order chi connectivity index (χ0) is 24.6. The molecule has 1 aromatic carbocycles. The Labute approximate surface area is 213 Å². The first-order valence-electron chi connectivity index (χ1n) is 12.4. The number of nitrogens with zero attached hydrogens (tertiary/aromatic N) is 7. The Bertz CT molecular complexity index is 1370. The number of amidine groups is 1. The number of hydrogen-bond donors (Lipinski definition) is 0. The number of piperidine rings is 1. The lowest BCUT2D eigenvalue weighted by molar-refractivity contribution is -0.113. The van der Waals surface area contributed by atoms with E-state index in [0.29, 0.717) is 33.2 Å². The van der Waals surface area contributed by atoms with Gasteiger partial charge in [-0.3, -0.25) is 4.79 Å². The fourth-order valence-electron chi connectivity index (χ4n) is 4.88. The topological polar surface area (TPSA) is 69.3 Å². The van der Waals surface area contributed by atoms with Gasteiger partial charge in [0.15, 0.2) is 10.8 Å². The van der Waals surface area contributed by atoms with Gasteiger partial charge in [0.1, 0.15) is 5.82 Å². The van der Waals surface area contributed by atoms with Gasteiger partial charge in [-0.15, -0.1) is 0 Å². The molecule has 0 atom stereocenters. The molecule has 3 aliphatic heterocycles. The molecule has 0 bridgehead atoms. The van der Waals surface area contributed by atoms with Crippen molar-refractivity contribution in [3.8, 4) is 11.3 Å². The number of piperazine rings is 1. The molecule has 186 valence electrons. The van der Waals surface area contributed by atoms with Crippen LogP contribution in [-0.4, -0.2) is 81.8 Å². The summed E-state index contributed by atoms with van der Waals surface area (Å²) in [7, 11) is 2.08. The fourth-order valence-corrected chi connectivity index (χ4v) is 5.83. The van der Waals surface area contributed by atoms with E-state index in [4.69, 9.17) is 5.10 Å². The van der Waals surface area contributed by atoms with Crippen LogP contribution in [0.4, 0.5) is 10.1 Å². The predicted molar refractivity (Wildman–Crippen MR) is 142 cm³/mol. The van der Waals surface area contributed by atoms with Crippen LogP contribution in [0.5, 0.6) is 0 Å². The number of benzene rings is 1. The quantitative estimate of drug-likeness (QED) is 0.502. The normalized spacial score (nSPS) is 20.6. The molecule has 0 spiro atoms. The number of carbonyl (C=O) groups is 1. The van der Waals surface area contributed by atoms with Gasteiger partial charge in [-0.25, -0.2) is 13.9 Å². The highest BCUT2D eigenvalue weighted by molar-refractivity contribution is 8.18. The lowest BCUT2D eigenvalue weighted by Gasteiger charge is -2.34. The third kappa shape index (κ3) is 4.51. The molecule has 3 aromatic rings. The molecule has 1 amide bonds. The second-order valence-corrected chi connectivity index (χ2v) is 10.5. The van der Waals surface area contributed by atoms with Crippen molar-refractivity contribution < 1.29 is 9.18 Å². The van der Waals surface area contributed by atoms with Crippen molar-refractivity contribution in [2.45, 2.75) is 19.3 Å². The number of likely N-dealkylation sites (N-methyl/N-ethyl adjacent to an activating group) is 1. The molecular formula is C26H28FN7OS. The maximum atomic E-state index is 15.1. The summed E-state index contributed by atoms with van der Waals surface area (Å²) in [5.74, 6) is -0.476. The van der Waals surface area contributed by atoms with Gasteiger partial charge in [-0.05, 0) is 68.4 Å². The minimum absolute atomic E-state index is 0.227. The maximum absolute atomic E-state index is 15.1. The van der Waals surface area contributed by atoms with E-state index in [9.17, 15) is 4.79 Å². The SMILES string of the molecule is CN1CCN(c2ccc(-c3cnc4ccc(/C=C5\SC(N6CCCCC6)=NC5=O)nn34)cc2F)CC1. The highest BCUT2D eigenvalue weighted by Crippen LogP contribution is 2.32. The third-order valence-corrected chi connectivity index (χ3v) is 8.03. The van der Waals surface area contributed by atoms with E-state index < -0.39 is 0 Å². The van der Waals surface area contributed by atoms with Crippen LogP contribution in [0.25, 0.3) is 23.0 Å². The van der Waals surface area contributed by atoms with Crippen LogP contribution in [0, 0.1) is 5.82 Å². The van der Waals surface area contributed by atoms with Crippen molar-refractivity contribution in [2.75, 3.05) is 51.2 Å². The van der Waals surface area contributed by atoms with Gasteiger partial charge in [0.25, 0.3) is 5.91 Å². The molecule has 6 rings (SSSR count). The summed E-state index contributed by atoms with van der Waals surface area (Å²) in [6.45, 7) is 5.34. The molecule has 10 heteroatoms. The molecule has 8 nitrogen and oxygen atoms in total. The van der Waals surface area contributed by atoms with Crippen LogP contribution < -0.4 is 4.90 Å². The number of likely N-dealkylation sites (tertiary alicyclic amines) is 1. The Morgan fingerprint density at radius 1 is 0.972 bits per heavy atom. The number of rotatable bonds is 3. The lowest BCUT2D eigenvalue weighted by Crippen LogP contribution is -2.44. The van der Waals surface area contributed by atoms with E-state index in [-0.39, 0.29) is 11.7 Å². The fraction of sp³-hybridized carbons (Fsp3) is 0.385. The van der Waals surface area contributed by atoms with Gasteiger partial charge in [0.05, 0.1) is 28.2 Å². The summed E-state index contributed by atoms with van der Waals surface area (Å²) in [6, 6.07) is 9.01. The highest BCUT2D eigenvalue weighted by atomic mass is 32.2. The second-order valence-electron chi connectivity index (χ2n) is 9.49. The van der Waals surface area contributed by atoms with Crippen LogP contribution >= 0.6 is 11.8 Å². The zero-order valence-corrected chi connectivity index (χ0v) is 21.0. The minimum atomic E-state index is -0.249. The van der Waals surface area contributed by atoms with Crippen molar-refractivity contribution in [3.05, 3.63) is 52.9 Å². The van der Waals surface area contributed by atoms with Crippen LogP contribution in [0.1, 0.15) is 25.0 Å².